The first-order valence-corrected chi connectivity index (χ1v) is 9.00. The number of nitrogens with one attached hydrogen (secondary N) is 1. The van der Waals surface area contributed by atoms with Gasteiger partial charge < -0.3 is 15.3 Å². The van der Waals surface area contributed by atoms with Gasteiger partial charge in [0.05, 0.1) is 11.0 Å². The molecule has 0 amide bonds. The molecule has 0 saturated heterocycles. The molecule has 2 N–H and O–H groups in total. The van der Waals surface area contributed by atoms with Gasteiger partial charge in [-0.2, -0.15) is 0 Å². The molecule has 120 valence electrons. The predicted octanol–water partition coefficient (Wildman–Crippen LogP) is 1.05. The van der Waals surface area contributed by atoms with Crippen LogP contribution in [0.5, 0.6) is 0 Å². The molecule has 0 radical (unpaired) electrons. The monoisotopic (exact) mass is 314 g/mol. The zero-order valence-electron chi connectivity index (χ0n) is 13.2. The van der Waals surface area contributed by atoms with E-state index in [4.69, 9.17) is 0 Å². The molecule has 0 fully saturated rings. The van der Waals surface area contributed by atoms with Crippen molar-refractivity contribution in [2.75, 3.05) is 32.9 Å². The van der Waals surface area contributed by atoms with E-state index in [1.54, 1.807) is 12.1 Å². The van der Waals surface area contributed by atoms with E-state index in [9.17, 15) is 13.5 Å². The fraction of sp³-hybridized carbons (Fsp3) is 0.600. The van der Waals surface area contributed by atoms with E-state index >= 15 is 0 Å². The van der Waals surface area contributed by atoms with Gasteiger partial charge in [0.2, 0.25) is 0 Å². The van der Waals surface area contributed by atoms with Crippen LogP contribution >= 0.6 is 0 Å². The Kier molecular flexibility index (Phi) is 6.80. The van der Waals surface area contributed by atoms with E-state index in [1.165, 1.54) is 18.4 Å². The minimum atomic E-state index is -3.19. The highest BCUT2D eigenvalue weighted by Gasteiger charge is 2.10. The molecule has 0 aromatic heterocycles. The third kappa shape index (κ3) is 6.13. The van der Waals surface area contributed by atoms with E-state index in [0.29, 0.717) is 18.2 Å². The van der Waals surface area contributed by atoms with Crippen LogP contribution in [0.2, 0.25) is 0 Å². The predicted molar refractivity (Wildman–Crippen MR) is 85.1 cm³/mol. The summed E-state index contributed by atoms with van der Waals surface area (Å²) < 4.78 is 22.7. The van der Waals surface area contributed by atoms with Crippen LogP contribution in [-0.4, -0.2) is 57.4 Å². The number of aliphatic hydroxyl groups is 1. The molecule has 0 saturated carbocycles. The normalized spacial score (nSPS) is 13.9. The zero-order valence-corrected chi connectivity index (χ0v) is 14.0. The van der Waals surface area contributed by atoms with E-state index in [-0.39, 0.29) is 4.90 Å². The number of aliphatic hydroxyl groups excluding tert-OH is 1. The third-order valence-corrected chi connectivity index (χ3v) is 4.68. The molecule has 0 aliphatic heterocycles. The Morgan fingerprint density at radius 3 is 2.29 bits per heavy atom. The Labute approximate surface area is 127 Å². The summed E-state index contributed by atoms with van der Waals surface area (Å²) in [5, 5.41) is 13.3. The first-order valence-electron chi connectivity index (χ1n) is 7.11. The number of likely N-dealkylation sites (N-methyl/N-ethyl adjacent to an activating group) is 1. The van der Waals surface area contributed by atoms with Crippen molar-refractivity contribution in [2.24, 2.45) is 0 Å². The highest BCUT2D eigenvalue weighted by molar-refractivity contribution is 7.90. The summed E-state index contributed by atoms with van der Waals surface area (Å²) in [7, 11) is -1.12. The van der Waals surface area contributed by atoms with Gasteiger partial charge in [-0.25, -0.2) is 8.42 Å². The molecule has 0 spiro atoms. The van der Waals surface area contributed by atoms with E-state index in [0.717, 1.165) is 13.1 Å². The fourth-order valence-corrected chi connectivity index (χ4v) is 2.44. The van der Waals surface area contributed by atoms with Crippen LogP contribution in [0.15, 0.2) is 29.2 Å². The van der Waals surface area contributed by atoms with Crippen LogP contribution in [0.1, 0.15) is 25.5 Å². The Bertz CT molecular complexity index is 526. The molecule has 1 aromatic carbocycles. The summed E-state index contributed by atoms with van der Waals surface area (Å²) in [6.45, 7) is 6.44. The average Bonchev–Trinajstić information content (AvgIpc) is 2.42. The van der Waals surface area contributed by atoms with Gasteiger partial charge in [-0.1, -0.05) is 12.1 Å². The molecule has 6 heteroatoms. The molecule has 0 aliphatic rings. The number of hydrogen-bond donors (Lipinski definition) is 2. The van der Waals surface area contributed by atoms with Crippen LogP contribution < -0.4 is 5.32 Å². The minimum absolute atomic E-state index is 0.268. The van der Waals surface area contributed by atoms with E-state index in [1.807, 2.05) is 0 Å². The standard InChI is InChI=1S/C15H26N2O3S/c1-12(2)17(3)10-9-16-11-15(18)13-5-7-14(8-6-13)21(4,19)20/h5-8,12,15-16,18H,9-11H2,1-4H3. The van der Waals surface area contributed by atoms with Crippen LogP contribution in [0.25, 0.3) is 0 Å². The Morgan fingerprint density at radius 1 is 1.24 bits per heavy atom. The quantitative estimate of drug-likeness (QED) is 0.702. The van der Waals surface area contributed by atoms with Crippen LogP contribution in [0.4, 0.5) is 0 Å². The smallest absolute Gasteiger partial charge is 0.175 e. The summed E-state index contributed by atoms with van der Waals surface area (Å²) in [5.41, 5.74) is 0.715. The molecular weight excluding hydrogens is 288 g/mol. The van der Waals surface area contributed by atoms with Crippen LogP contribution in [0, 0.1) is 0 Å². The van der Waals surface area contributed by atoms with Crippen molar-refractivity contribution in [3.05, 3.63) is 29.8 Å². The van der Waals surface area contributed by atoms with Crippen molar-refractivity contribution in [1.82, 2.24) is 10.2 Å². The molecule has 5 nitrogen and oxygen atoms in total. The third-order valence-electron chi connectivity index (χ3n) is 3.55. The number of sulfone groups is 1. The Balaban J connectivity index is 2.44. The van der Waals surface area contributed by atoms with Crippen molar-refractivity contribution >= 4 is 9.84 Å². The topological polar surface area (TPSA) is 69.6 Å². The van der Waals surface area contributed by atoms with Gasteiger partial charge >= 0.3 is 0 Å². The molecular formula is C15H26N2O3S. The molecule has 1 rings (SSSR count). The number of hydrogen-bond acceptors (Lipinski definition) is 5. The molecule has 0 bridgehead atoms. The van der Waals surface area contributed by atoms with Crippen molar-refractivity contribution in [3.63, 3.8) is 0 Å². The summed E-state index contributed by atoms with van der Waals surface area (Å²) in [5.74, 6) is 0. The average molecular weight is 314 g/mol. The van der Waals surface area contributed by atoms with Gasteiger partial charge in [0.25, 0.3) is 0 Å². The molecule has 1 aromatic rings. The van der Waals surface area contributed by atoms with Gasteiger partial charge in [-0.05, 0) is 38.6 Å². The second-order valence-electron chi connectivity index (χ2n) is 5.64. The summed E-state index contributed by atoms with van der Waals surface area (Å²) in [4.78, 5) is 2.49. The maximum Gasteiger partial charge on any atom is 0.175 e. The second kappa shape index (κ2) is 7.89. The number of rotatable bonds is 8. The Morgan fingerprint density at radius 2 is 1.81 bits per heavy atom. The van der Waals surface area contributed by atoms with Crippen molar-refractivity contribution in [2.45, 2.75) is 30.9 Å². The lowest BCUT2D eigenvalue weighted by atomic mass is 10.1. The lowest BCUT2D eigenvalue weighted by Gasteiger charge is -2.21. The van der Waals surface area contributed by atoms with Gasteiger partial charge in [-0.15, -0.1) is 0 Å². The van der Waals surface area contributed by atoms with E-state index in [2.05, 4.69) is 31.1 Å². The van der Waals surface area contributed by atoms with Gasteiger partial charge in [0.15, 0.2) is 9.84 Å². The molecule has 1 atom stereocenters. The van der Waals surface area contributed by atoms with Crippen molar-refractivity contribution in [3.8, 4) is 0 Å². The van der Waals surface area contributed by atoms with E-state index < -0.39 is 15.9 Å². The lowest BCUT2D eigenvalue weighted by molar-refractivity contribution is 0.171. The zero-order chi connectivity index (χ0) is 16.0. The molecule has 21 heavy (non-hydrogen) atoms. The fourth-order valence-electron chi connectivity index (χ4n) is 1.81. The Hall–Kier alpha value is -0.950. The van der Waals surface area contributed by atoms with Crippen LogP contribution in [0.3, 0.4) is 0 Å². The molecule has 0 heterocycles. The number of nitrogens with zero attached hydrogens (tertiary/aromatic N) is 1. The summed E-state index contributed by atoms with van der Waals surface area (Å²) in [6, 6.07) is 6.87. The van der Waals surface area contributed by atoms with Gasteiger partial charge in [-0.3, -0.25) is 0 Å². The minimum Gasteiger partial charge on any atom is -0.387 e. The molecule has 0 aliphatic carbocycles. The maximum atomic E-state index is 11.4. The number of benzene rings is 1. The highest BCUT2D eigenvalue weighted by atomic mass is 32.2. The van der Waals surface area contributed by atoms with Crippen molar-refractivity contribution in [1.29, 1.82) is 0 Å². The first kappa shape index (κ1) is 18.1. The maximum absolute atomic E-state index is 11.4. The highest BCUT2D eigenvalue weighted by Crippen LogP contribution is 2.15. The van der Waals surface area contributed by atoms with Gasteiger partial charge in [0.1, 0.15) is 0 Å². The summed E-state index contributed by atoms with van der Waals surface area (Å²) >= 11 is 0. The first-order chi connectivity index (χ1) is 9.71. The molecule has 1 unspecified atom stereocenters. The largest absolute Gasteiger partial charge is 0.387 e. The lowest BCUT2D eigenvalue weighted by Crippen LogP contribution is -2.35. The SMILES string of the molecule is CC(C)N(C)CCNCC(O)c1ccc(S(C)(=O)=O)cc1. The second-order valence-corrected chi connectivity index (χ2v) is 7.65. The van der Waals surface area contributed by atoms with Gasteiger partial charge in [0, 0.05) is 31.9 Å². The van der Waals surface area contributed by atoms with Crippen molar-refractivity contribution < 1.29 is 13.5 Å². The van der Waals surface area contributed by atoms with Crippen LogP contribution in [-0.2, 0) is 9.84 Å². The summed E-state index contributed by atoms with van der Waals surface area (Å²) in [6.07, 6.45) is 0.536.